The number of ether oxygens (including phenoxy) is 1. The van der Waals surface area contributed by atoms with Gasteiger partial charge in [-0.1, -0.05) is 0 Å². The summed E-state index contributed by atoms with van der Waals surface area (Å²) < 4.78 is 5.16. The van der Waals surface area contributed by atoms with Crippen LogP contribution in [0.4, 0.5) is 17.3 Å². The minimum atomic E-state index is -0.121. The molecule has 1 aromatic heterocycles. The molecule has 23 heavy (non-hydrogen) atoms. The molecule has 0 radical (unpaired) electrons. The second-order valence-corrected chi connectivity index (χ2v) is 6.17. The Bertz CT molecular complexity index is 559. The maximum absolute atomic E-state index is 12.0. The Hall–Kier alpha value is -2.05. The zero-order valence-corrected chi connectivity index (χ0v) is 13.7. The third-order valence-corrected chi connectivity index (χ3v) is 4.59. The second-order valence-electron chi connectivity index (χ2n) is 6.17. The minimum Gasteiger partial charge on any atom is -0.466 e. The fourth-order valence-corrected chi connectivity index (χ4v) is 3.43. The highest BCUT2D eigenvalue weighted by molar-refractivity contribution is 5.78. The Balaban J connectivity index is 1.78. The molecule has 1 unspecified atom stereocenters. The summed E-state index contributed by atoms with van der Waals surface area (Å²) in [5.41, 5.74) is 6.97. The summed E-state index contributed by atoms with van der Waals surface area (Å²) in [6.07, 6.45) is 5.72. The molecule has 0 spiro atoms. The van der Waals surface area contributed by atoms with E-state index >= 15 is 0 Å². The third kappa shape index (κ3) is 3.33. The molecule has 2 aliphatic rings. The number of rotatable bonds is 4. The van der Waals surface area contributed by atoms with Crippen molar-refractivity contribution >= 4 is 23.3 Å². The molecule has 1 aromatic rings. The highest BCUT2D eigenvalue weighted by Gasteiger charge is 2.29. The van der Waals surface area contributed by atoms with Gasteiger partial charge in [0.1, 0.15) is 12.0 Å². The zero-order chi connectivity index (χ0) is 16.2. The molecule has 0 amide bonds. The van der Waals surface area contributed by atoms with Gasteiger partial charge in [-0.2, -0.15) is 0 Å². The van der Waals surface area contributed by atoms with Crippen molar-refractivity contribution in [3.63, 3.8) is 0 Å². The van der Waals surface area contributed by atoms with Crippen molar-refractivity contribution in [3.05, 3.63) is 6.33 Å². The first-order valence-corrected chi connectivity index (χ1v) is 8.47. The van der Waals surface area contributed by atoms with Crippen molar-refractivity contribution in [1.29, 1.82) is 0 Å². The number of nitrogens with zero attached hydrogens (tertiary/aromatic N) is 4. The largest absolute Gasteiger partial charge is 0.466 e. The zero-order valence-electron chi connectivity index (χ0n) is 13.7. The Labute approximate surface area is 136 Å². The van der Waals surface area contributed by atoms with E-state index in [0.29, 0.717) is 18.8 Å². The van der Waals surface area contributed by atoms with Crippen molar-refractivity contribution in [1.82, 2.24) is 9.97 Å². The normalized spacial score (nSPS) is 21.5. The van der Waals surface area contributed by atoms with Gasteiger partial charge >= 0.3 is 5.97 Å². The molecule has 2 aliphatic heterocycles. The van der Waals surface area contributed by atoms with E-state index in [-0.39, 0.29) is 11.9 Å². The molecular formula is C16H25N5O2. The summed E-state index contributed by atoms with van der Waals surface area (Å²) in [4.78, 5) is 25.1. The summed E-state index contributed by atoms with van der Waals surface area (Å²) in [6, 6.07) is 0. The Kier molecular flexibility index (Phi) is 4.83. The molecule has 0 bridgehead atoms. The molecule has 1 atom stereocenters. The monoisotopic (exact) mass is 319 g/mol. The Morgan fingerprint density at radius 3 is 2.57 bits per heavy atom. The summed E-state index contributed by atoms with van der Waals surface area (Å²) >= 11 is 0. The lowest BCUT2D eigenvalue weighted by atomic mass is 9.98. The van der Waals surface area contributed by atoms with E-state index in [4.69, 9.17) is 10.5 Å². The van der Waals surface area contributed by atoms with Gasteiger partial charge in [-0.15, -0.1) is 0 Å². The van der Waals surface area contributed by atoms with Gasteiger partial charge < -0.3 is 20.3 Å². The first-order chi connectivity index (χ1) is 11.2. The molecule has 7 heteroatoms. The van der Waals surface area contributed by atoms with E-state index in [1.165, 1.54) is 12.8 Å². The number of carbonyl (C=O) groups excluding carboxylic acids is 1. The van der Waals surface area contributed by atoms with E-state index in [2.05, 4.69) is 19.8 Å². The van der Waals surface area contributed by atoms with Crippen molar-refractivity contribution in [2.24, 2.45) is 5.92 Å². The number of hydrogen-bond acceptors (Lipinski definition) is 7. The van der Waals surface area contributed by atoms with E-state index in [0.717, 1.165) is 44.1 Å². The second kappa shape index (κ2) is 7.02. The number of carbonyl (C=O) groups is 1. The van der Waals surface area contributed by atoms with Crippen molar-refractivity contribution in [2.75, 3.05) is 48.3 Å². The molecule has 3 rings (SSSR count). The van der Waals surface area contributed by atoms with Crippen molar-refractivity contribution in [3.8, 4) is 0 Å². The van der Waals surface area contributed by atoms with Crippen LogP contribution in [-0.2, 0) is 9.53 Å². The van der Waals surface area contributed by atoms with Crippen LogP contribution in [-0.4, -0.2) is 48.7 Å². The highest BCUT2D eigenvalue weighted by Crippen LogP contribution is 2.33. The highest BCUT2D eigenvalue weighted by atomic mass is 16.5. The number of nitrogen functional groups attached to an aromatic ring is 1. The average molecular weight is 319 g/mol. The molecule has 126 valence electrons. The standard InChI is InChI=1S/C16H25N5O2/c1-2-23-16(22)12-6-5-9-21(10-12)15-13(17)14(18-11-19-15)20-7-3-4-8-20/h11-12H,2-10,17H2,1H3. The number of nitrogens with two attached hydrogens (primary N) is 1. The van der Waals surface area contributed by atoms with Gasteiger partial charge in [-0.05, 0) is 32.6 Å². The van der Waals surface area contributed by atoms with Crippen LogP contribution in [0.5, 0.6) is 0 Å². The Morgan fingerprint density at radius 2 is 1.87 bits per heavy atom. The molecule has 2 fully saturated rings. The lowest BCUT2D eigenvalue weighted by Gasteiger charge is -2.33. The van der Waals surface area contributed by atoms with Crippen LogP contribution in [0, 0.1) is 5.92 Å². The first kappa shape index (κ1) is 15.8. The van der Waals surface area contributed by atoms with Crippen molar-refractivity contribution in [2.45, 2.75) is 32.6 Å². The van der Waals surface area contributed by atoms with Gasteiger partial charge in [0.05, 0.1) is 12.5 Å². The molecule has 0 aromatic carbocycles. The van der Waals surface area contributed by atoms with Crippen LogP contribution in [0.15, 0.2) is 6.33 Å². The van der Waals surface area contributed by atoms with E-state index in [1.807, 2.05) is 6.92 Å². The molecular weight excluding hydrogens is 294 g/mol. The third-order valence-electron chi connectivity index (χ3n) is 4.59. The van der Waals surface area contributed by atoms with Crippen LogP contribution in [0.25, 0.3) is 0 Å². The van der Waals surface area contributed by atoms with Gasteiger partial charge in [0.2, 0.25) is 0 Å². The topological polar surface area (TPSA) is 84.6 Å². The number of esters is 1. The molecule has 3 heterocycles. The van der Waals surface area contributed by atoms with Gasteiger partial charge in [0.25, 0.3) is 0 Å². The molecule has 0 aliphatic carbocycles. The number of aromatic nitrogens is 2. The van der Waals surface area contributed by atoms with E-state index < -0.39 is 0 Å². The van der Waals surface area contributed by atoms with Crippen LogP contribution in [0.3, 0.4) is 0 Å². The first-order valence-electron chi connectivity index (χ1n) is 8.47. The van der Waals surface area contributed by atoms with E-state index in [9.17, 15) is 4.79 Å². The lowest BCUT2D eigenvalue weighted by molar-refractivity contribution is -0.148. The van der Waals surface area contributed by atoms with Crippen LogP contribution >= 0.6 is 0 Å². The summed E-state index contributed by atoms with van der Waals surface area (Å²) in [5, 5.41) is 0. The number of anilines is 3. The number of piperidine rings is 1. The van der Waals surface area contributed by atoms with E-state index in [1.54, 1.807) is 6.33 Å². The van der Waals surface area contributed by atoms with Gasteiger partial charge in [-0.25, -0.2) is 9.97 Å². The minimum absolute atomic E-state index is 0.103. The fraction of sp³-hybridized carbons (Fsp3) is 0.688. The quantitative estimate of drug-likeness (QED) is 0.840. The van der Waals surface area contributed by atoms with Gasteiger partial charge in [-0.3, -0.25) is 4.79 Å². The van der Waals surface area contributed by atoms with Gasteiger partial charge in [0.15, 0.2) is 11.6 Å². The van der Waals surface area contributed by atoms with Crippen LogP contribution in [0.1, 0.15) is 32.6 Å². The smallest absolute Gasteiger partial charge is 0.310 e. The molecule has 2 N–H and O–H groups in total. The predicted octanol–water partition coefficient (Wildman–Crippen LogP) is 1.44. The molecule has 0 saturated carbocycles. The summed E-state index contributed by atoms with van der Waals surface area (Å²) in [6.45, 7) is 5.71. The molecule has 7 nitrogen and oxygen atoms in total. The lowest BCUT2D eigenvalue weighted by Crippen LogP contribution is -2.40. The van der Waals surface area contributed by atoms with Crippen molar-refractivity contribution < 1.29 is 9.53 Å². The molecule has 2 saturated heterocycles. The summed E-state index contributed by atoms with van der Waals surface area (Å²) in [5.74, 6) is 1.35. The maximum Gasteiger partial charge on any atom is 0.310 e. The Morgan fingerprint density at radius 1 is 1.22 bits per heavy atom. The summed E-state index contributed by atoms with van der Waals surface area (Å²) in [7, 11) is 0. The predicted molar refractivity (Wildman–Crippen MR) is 89.5 cm³/mol. The average Bonchev–Trinajstić information content (AvgIpc) is 3.10. The van der Waals surface area contributed by atoms with Gasteiger partial charge in [0, 0.05) is 26.2 Å². The maximum atomic E-state index is 12.0. The SMILES string of the molecule is CCOC(=O)C1CCCN(c2ncnc(N3CCCC3)c2N)C1. The van der Waals surface area contributed by atoms with Crippen LogP contribution < -0.4 is 15.5 Å². The fourth-order valence-electron chi connectivity index (χ4n) is 3.43. The number of hydrogen-bond donors (Lipinski definition) is 1. The van der Waals surface area contributed by atoms with Crippen LogP contribution in [0.2, 0.25) is 0 Å².